The first kappa shape index (κ1) is 11.8. The minimum atomic E-state index is -1.04. The van der Waals surface area contributed by atoms with Crippen LogP contribution in [0, 0.1) is 0 Å². The van der Waals surface area contributed by atoms with Gasteiger partial charge in [-0.15, -0.1) is 0 Å². The summed E-state index contributed by atoms with van der Waals surface area (Å²) in [6.45, 7) is -1.22. The average molecular weight is 181 g/mol. The summed E-state index contributed by atoms with van der Waals surface area (Å²) in [6, 6.07) is 0. The highest BCUT2D eigenvalue weighted by molar-refractivity contribution is 4.60. The van der Waals surface area contributed by atoms with E-state index in [1.807, 2.05) is 0 Å². The molecule has 0 aliphatic carbocycles. The monoisotopic (exact) mass is 181 g/mol. The van der Waals surface area contributed by atoms with Crippen LogP contribution in [0.25, 0.3) is 0 Å². The predicted molar refractivity (Wildman–Crippen MR) is 39.5 cm³/mol. The van der Waals surface area contributed by atoms with Gasteiger partial charge in [-0.05, 0) is 0 Å². The van der Waals surface area contributed by atoms with Gasteiger partial charge in [0.1, 0.15) is 0 Å². The molecule has 0 aromatic rings. The zero-order chi connectivity index (χ0) is 9.56. The van der Waals surface area contributed by atoms with E-state index in [4.69, 9.17) is 25.6 Å². The SMILES string of the molecule is OCC(O)CN(O)CC(O)CO. The zero-order valence-corrected chi connectivity index (χ0v) is 6.67. The molecule has 0 aromatic carbocycles. The van der Waals surface area contributed by atoms with Crippen molar-refractivity contribution in [1.29, 1.82) is 0 Å². The lowest BCUT2D eigenvalue weighted by atomic mass is 10.3. The summed E-state index contributed by atoms with van der Waals surface area (Å²) in [7, 11) is 0. The van der Waals surface area contributed by atoms with E-state index < -0.39 is 25.4 Å². The van der Waals surface area contributed by atoms with Crippen LogP contribution in [0.15, 0.2) is 0 Å². The largest absolute Gasteiger partial charge is 0.394 e. The Morgan fingerprint density at radius 1 is 0.917 bits per heavy atom. The topological polar surface area (TPSA) is 104 Å². The van der Waals surface area contributed by atoms with Crippen LogP contribution in [0.4, 0.5) is 0 Å². The van der Waals surface area contributed by atoms with Crippen LogP contribution < -0.4 is 0 Å². The molecule has 0 saturated heterocycles. The van der Waals surface area contributed by atoms with Crippen LogP contribution >= 0.6 is 0 Å². The molecule has 6 nitrogen and oxygen atoms in total. The van der Waals surface area contributed by atoms with Crippen LogP contribution in [0.1, 0.15) is 0 Å². The van der Waals surface area contributed by atoms with Gasteiger partial charge in [0.15, 0.2) is 0 Å². The molecular formula is C6H15NO5. The van der Waals surface area contributed by atoms with Crippen molar-refractivity contribution < 1.29 is 25.6 Å². The van der Waals surface area contributed by atoms with Crippen LogP contribution in [-0.2, 0) is 0 Å². The summed E-state index contributed by atoms with van der Waals surface area (Å²) in [6.07, 6.45) is -2.08. The summed E-state index contributed by atoms with van der Waals surface area (Å²) in [5, 5.41) is 44.0. The third-order valence-corrected chi connectivity index (χ3v) is 1.26. The number of aliphatic hydroxyl groups is 4. The second kappa shape index (κ2) is 6.30. The first-order valence-electron chi connectivity index (χ1n) is 3.61. The zero-order valence-electron chi connectivity index (χ0n) is 6.67. The number of nitrogens with zero attached hydrogens (tertiary/aromatic N) is 1. The van der Waals surface area contributed by atoms with Crippen LogP contribution in [0.3, 0.4) is 0 Å². The molecule has 0 aliphatic heterocycles. The molecule has 74 valence electrons. The molecule has 0 radical (unpaired) electrons. The Hall–Kier alpha value is -0.240. The van der Waals surface area contributed by atoms with E-state index in [2.05, 4.69) is 0 Å². The van der Waals surface area contributed by atoms with Gasteiger partial charge in [0.25, 0.3) is 0 Å². The number of aliphatic hydroxyl groups excluding tert-OH is 4. The van der Waals surface area contributed by atoms with Gasteiger partial charge in [0, 0.05) is 0 Å². The van der Waals surface area contributed by atoms with Gasteiger partial charge in [-0.2, -0.15) is 5.06 Å². The van der Waals surface area contributed by atoms with Crippen molar-refractivity contribution in [1.82, 2.24) is 5.06 Å². The van der Waals surface area contributed by atoms with E-state index in [0.29, 0.717) is 5.06 Å². The molecule has 0 heterocycles. The maximum absolute atomic E-state index is 8.94. The van der Waals surface area contributed by atoms with Crippen molar-refractivity contribution in [3.8, 4) is 0 Å². The van der Waals surface area contributed by atoms with Crippen LogP contribution in [0.5, 0.6) is 0 Å². The van der Waals surface area contributed by atoms with Gasteiger partial charge in [0.2, 0.25) is 0 Å². The van der Waals surface area contributed by atoms with E-state index in [1.54, 1.807) is 0 Å². The van der Waals surface area contributed by atoms with Gasteiger partial charge in [-0.3, -0.25) is 0 Å². The molecule has 0 amide bonds. The summed E-state index contributed by atoms with van der Waals surface area (Å²) < 4.78 is 0. The number of hydrogen-bond donors (Lipinski definition) is 5. The Morgan fingerprint density at radius 2 is 1.25 bits per heavy atom. The Balaban J connectivity index is 3.51. The Labute approximate surface area is 70.2 Å². The highest BCUT2D eigenvalue weighted by Crippen LogP contribution is 1.90. The fourth-order valence-corrected chi connectivity index (χ4v) is 0.677. The molecule has 5 N–H and O–H groups in total. The van der Waals surface area contributed by atoms with Gasteiger partial charge < -0.3 is 25.6 Å². The summed E-state index contributed by atoms with van der Waals surface area (Å²) in [5.74, 6) is 0. The van der Waals surface area contributed by atoms with Crippen LogP contribution in [0.2, 0.25) is 0 Å². The number of hydroxylamine groups is 2. The molecule has 12 heavy (non-hydrogen) atoms. The third kappa shape index (κ3) is 5.42. The number of hydrogen-bond acceptors (Lipinski definition) is 6. The third-order valence-electron chi connectivity index (χ3n) is 1.26. The van der Waals surface area contributed by atoms with E-state index in [-0.39, 0.29) is 13.1 Å². The first-order valence-corrected chi connectivity index (χ1v) is 3.61. The lowest BCUT2D eigenvalue weighted by Gasteiger charge is -2.19. The van der Waals surface area contributed by atoms with Crippen molar-refractivity contribution in [3.63, 3.8) is 0 Å². The molecule has 0 spiro atoms. The van der Waals surface area contributed by atoms with Crippen molar-refractivity contribution in [2.45, 2.75) is 12.2 Å². The van der Waals surface area contributed by atoms with E-state index in [9.17, 15) is 0 Å². The number of rotatable bonds is 6. The molecular weight excluding hydrogens is 166 g/mol. The van der Waals surface area contributed by atoms with Crippen molar-refractivity contribution in [3.05, 3.63) is 0 Å². The molecule has 6 heteroatoms. The van der Waals surface area contributed by atoms with Crippen molar-refractivity contribution in [2.75, 3.05) is 26.3 Å². The van der Waals surface area contributed by atoms with Gasteiger partial charge in [-0.25, -0.2) is 0 Å². The summed E-state index contributed by atoms with van der Waals surface area (Å²) in [5.41, 5.74) is 0. The first-order chi connectivity index (χ1) is 5.60. The molecule has 2 atom stereocenters. The van der Waals surface area contributed by atoms with Gasteiger partial charge in [-0.1, -0.05) is 0 Å². The fourth-order valence-electron chi connectivity index (χ4n) is 0.677. The maximum atomic E-state index is 8.94. The Bertz CT molecular complexity index is 100. The second-order valence-corrected chi connectivity index (χ2v) is 2.54. The van der Waals surface area contributed by atoms with E-state index in [1.165, 1.54) is 0 Å². The van der Waals surface area contributed by atoms with E-state index in [0.717, 1.165) is 0 Å². The Kier molecular flexibility index (Phi) is 6.17. The molecule has 0 saturated carbocycles. The molecule has 0 bridgehead atoms. The van der Waals surface area contributed by atoms with Crippen molar-refractivity contribution in [2.24, 2.45) is 0 Å². The Morgan fingerprint density at radius 3 is 1.50 bits per heavy atom. The van der Waals surface area contributed by atoms with Crippen LogP contribution in [-0.4, -0.2) is 69.2 Å². The van der Waals surface area contributed by atoms with Gasteiger partial charge in [0.05, 0.1) is 38.5 Å². The van der Waals surface area contributed by atoms with Gasteiger partial charge >= 0.3 is 0 Å². The maximum Gasteiger partial charge on any atom is 0.0920 e. The highest BCUT2D eigenvalue weighted by Gasteiger charge is 2.12. The molecule has 0 rings (SSSR count). The minimum absolute atomic E-state index is 0.159. The summed E-state index contributed by atoms with van der Waals surface area (Å²) >= 11 is 0. The molecule has 0 fully saturated rings. The molecule has 2 unspecified atom stereocenters. The quantitative estimate of drug-likeness (QED) is 0.287. The molecule has 0 aliphatic rings. The second-order valence-electron chi connectivity index (χ2n) is 2.54. The van der Waals surface area contributed by atoms with Crippen molar-refractivity contribution >= 4 is 0 Å². The smallest absolute Gasteiger partial charge is 0.0920 e. The lowest BCUT2D eigenvalue weighted by molar-refractivity contribution is -0.139. The highest BCUT2D eigenvalue weighted by atomic mass is 16.5. The van der Waals surface area contributed by atoms with E-state index >= 15 is 0 Å². The minimum Gasteiger partial charge on any atom is -0.394 e. The average Bonchev–Trinajstić information content (AvgIpc) is 2.03. The predicted octanol–water partition coefficient (Wildman–Crippen LogP) is -2.62. The lowest BCUT2D eigenvalue weighted by Crippen LogP contribution is -2.38. The molecule has 0 aromatic heterocycles. The standard InChI is InChI=1S/C6H15NO5/c8-3-5(10)1-7(12)2-6(11)4-9/h5-6,8-12H,1-4H2. The fraction of sp³-hybridized carbons (Fsp3) is 1.00. The summed E-state index contributed by atoms with van der Waals surface area (Å²) in [4.78, 5) is 0. The normalized spacial score (nSPS) is 16.5.